The Morgan fingerprint density at radius 3 is 2.73 bits per heavy atom. The molecule has 0 saturated carbocycles. The minimum atomic E-state index is 0. The van der Waals surface area contributed by atoms with Crippen LogP contribution in [0.5, 0.6) is 0 Å². The number of hydrogen-bond acceptors (Lipinski definition) is 2. The molecule has 1 atom stereocenters. The molecular weight excluding hydrogens is 187 g/mol. The zero-order valence-corrected chi connectivity index (χ0v) is 7.84. The molecule has 0 bridgehead atoms. The highest BCUT2D eigenvalue weighted by Gasteiger charge is 2.12. The molecule has 1 aliphatic rings. The lowest BCUT2D eigenvalue weighted by atomic mass is 10.1. The van der Waals surface area contributed by atoms with Gasteiger partial charge in [0.2, 0.25) is 5.91 Å². The van der Waals surface area contributed by atoms with Crippen molar-refractivity contribution in [2.45, 2.75) is 25.3 Å². The molecule has 1 aliphatic heterocycles. The molecule has 0 aromatic carbocycles. The Bertz CT molecular complexity index is 121. The van der Waals surface area contributed by atoms with E-state index >= 15 is 0 Å². The number of carbonyl (C=O) groups excluding carboxylic acids is 1. The number of halogens is 2. The third-order valence-corrected chi connectivity index (χ3v) is 1.52. The van der Waals surface area contributed by atoms with Crippen LogP contribution in [0.4, 0.5) is 0 Å². The van der Waals surface area contributed by atoms with Gasteiger partial charge in [0.25, 0.3) is 0 Å². The van der Waals surface area contributed by atoms with Crippen molar-refractivity contribution in [1.29, 1.82) is 0 Å². The molecule has 5 heteroatoms. The SMILES string of the molecule is Cl.Cl.NC1CCCNC(=O)C1. The second kappa shape index (κ2) is 6.70. The molecular formula is C6H14Cl2N2O. The van der Waals surface area contributed by atoms with E-state index in [1.807, 2.05) is 0 Å². The number of hydrogen-bond donors (Lipinski definition) is 2. The van der Waals surface area contributed by atoms with Crippen LogP contribution in [0.15, 0.2) is 0 Å². The maximum Gasteiger partial charge on any atom is 0.221 e. The van der Waals surface area contributed by atoms with Gasteiger partial charge in [0.05, 0.1) is 0 Å². The molecule has 3 nitrogen and oxygen atoms in total. The Morgan fingerprint density at radius 1 is 1.45 bits per heavy atom. The van der Waals surface area contributed by atoms with E-state index in [9.17, 15) is 4.79 Å². The predicted molar refractivity (Wildman–Crippen MR) is 49.3 cm³/mol. The summed E-state index contributed by atoms with van der Waals surface area (Å²) in [4.78, 5) is 10.7. The molecule has 0 aliphatic carbocycles. The first-order valence-corrected chi connectivity index (χ1v) is 3.31. The number of nitrogens with one attached hydrogen (secondary N) is 1. The Hall–Kier alpha value is 0.01000. The maximum atomic E-state index is 10.7. The van der Waals surface area contributed by atoms with Crippen molar-refractivity contribution >= 4 is 30.7 Å². The molecule has 1 amide bonds. The summed E-state index contributed by atoms with van der Waals surface area (Å²) < 4.78 is 0. The Morgan fingerprint density at radius 2 is 2.09 bits per heavy atom. The van der Waals surface area contributed by atoms with Crippen LogP contribution >= 0.6 is 24.8 Å². The Labute approximate surface area is 78.9 Å². The summed E-state index contributed by atoms with van der Waals surface area (Å²) in [7, 11) is 0. The monoisotopic (exact) mass is 200 g/mol. The van der Waals surface area contributed by atoms with Gasteiger partial charge in [-0.25, -0.2) is 0 Å². The summed E-state index contributed by atoms with van der Waals surface area (Å²) in [5, 5.41) is 2.76. The molecule has 1 fully saturated rings. The molecule has 1 unspecified atom stereocenters. The lowest BCUT2D eigenvalue weighted by molar-refractivity contribution is -0.120. The fourth-order valence-electron chi connectivity index (χ4n) is 1.00. The van der Waals surface area contributed by atoms with E-state index in [1.165, 1.54) is 0 Å². The fourth-order valence-corrected chi connectivity index (χ4v) is 1.00. The van der Waals surface area contributed by atoms with Gasteiger partial charge >= 0.3 is 0 Å². The van der Waals surface area contributed by atoms with Crippen molar-refractivity contribution in [1.82, 2.24) is 5.32 Å². The summed E-state index contributed by atoms with van der Waals surface area (Å²) in [6.45, 7) is 0.798. The summed E-state index contributed by atoms with van der Waals surface area (Å²) in [6, 6.07) is 0.0903. The molecule has 11 heavy (non-hydrogen) atoms. The van der Waals surface area contributed by atoms with E-state index in [-0.39, 0.29) is 36.8 Å². The van der Waals surface area contributed by atoms with Crippen molar-refractivity contribution in [3.63, 3.8) is 0 Å². The third-order valence-electron chi connectivity index (χ3n) is 1.52. The zero-order chi connectivity index (χ0) is 6.69. The number of nitrogens with two attached hydrogens (primary N) is 1. The third kappa shape index (κ3) is 5.30. The van der Waals surface area contributed by atoms with Crippen molar-refractivity contribution in [3.8, 4) is 0 Å². The second-order valence-corrected chi connectivity index (χ2v) is 2.46. The van der Waals surface area contributed by atoms with Crippen LogP contribution in [0.2, 0.25) is 0 Å². The topological polar surface area (TPSA) is 55.1 Å². The molecule has 0 radical (unpaired) electrons. The first-order chi connectivity index (χ1) is 4.29. The molecule has 3 N–H and O–H groups in total. The standard InChI is InChI=1S/C6H12N2O.2ClH/c7-5-2-1-3-8-6(9)4-5;;/h5H,1-4,7H2,(H,8,9);2*1H. The number of carbonyl (C=O) groups is 1. The van der Waals surface area contributed by atoms with Crippen molar-refractivity contribution in [2.75, 3.05) is 6.54 Å². The highest BCUT2D eigenvalue weighted by atomic mass is 35.5. The minimum absolute atomic E-state index is 0. The molecule has 1 rings (SSSR count). The molecule has 0 aromatic heterocycles. The fraction of sp³-hybridized carbons (Fsp3) is 0.833. The van der Waals surface area contributed by atoms with Gasteiger partial charge in [0.15, 0.2) is 0 Å². The molecule has 0 spiro atoms. The largest absolute Gasteiger partial charge is 0.356 e. The average Bonchev–Trinajstić information content (AvgIpc) is 1.93. The van der Waals surface area contributed by atoms with Gasteiger partial charge in [-0.05, 0) is 12.8 Å². The lowest BCUT2D eigenvalue weighted by Crippen LogP contribution is -2.27. The smallest absolute Gasteiger partial charge is 0.221 e. The van der Waals surface area contributed by atoms with Crippen molar-refractivity contribution < 1.29 is 4.79 Å². The second-order valence-electron chi connectivity index (χ2n) is 2.46. The minimum Gasteiger partial charge on any atom is -0.356 e. The van der Waals surface area contributed by atoms with Gasteiger partial charge in [-0.1, -0.05) is 0 Å². The van der Waals surface area contributed by atoms with Gasteiger partial charge < -0.3 is 11.1 Å². The summed E-state index contributed by atoms with van der Waals surface area (Å²) in [6.07, 6.45) is 2.49. The van der Waals surface area contributed by atoms with Crippen LogP contribution in [0, 0.1) is 0 Å². The number of amides is 1. The molecule has 0 aromatic rings. The summed E-state index contributed by atoms with van der Waals surface area (Å²) in [5.41, 5.74) is 5.56. The van der Waals surface area contributed by atoms with E-state index < -0.39 is 0 Å². The van der Waals surface area contributed by atoms with Crippen molar-refractivity contribution in [2.24, 2.45) is 5.73 Å². The predicted octanol–water partition coefficient (Wildman–Crippen LogP) is 0.457. The van der Waals surface area contributed by atoms with Crippen LogP contribution in [-0.4, -0.2) is 18.5 Å². The van der Waals surface area contributed by atoms with E-state index in [0.29, 0.717) is 6.42 Å². The van der Waals surface area contributed by atoms with Gasteiger partial charge in [-0.3, -0.25) is 4.79 Å². The van der Waals surface area contributed by atoms with Crippen LogP contribution in [-0.2, 0) is 4.79 Å². The van der Waals surface area contributed by atoms with Crippen LogP contribution < -0.4 is 11.1 Å². The van der Waals surface area contributed by atoms with Gasteiger partial charge in [-0.2, -0.15) is 0 Å². The highest BCUT2D eigenvalue weighted by Crippen LogP contribution is 2.01. The van der Waals surface area contributed by atoms with E-state index in [4.69, 9.17) is 5.73 Å². The first-order valence-electron chi connectivity index (χ1n) is 3.31. The zero-order valence-electron chi connectivity index (χ0n) is 6.21. The average molecular weight is 201 g/mol. The van der Waals surface area contributed by atoms with Crippen molar-refractivity contribution in [3.05, 3.63) is 0 Å². The Balaban J connectivity index is 0. The number of rotatable bonds is 0. The van der Waals surface area contributed by atoms with E-state index in [1.54, 1.807) is 0 Å². The first kappa shape index (κ1) is 13.6. The maximum absolute atomic E-state index is 10.7. The summed E-state index contributed by atoms with van der Waals surface area (Å²) in [5.74, 6) is 0.0972. The van der Waals surface area contributed by atoms with E-state index in [0.717, 1.165) is 19.4 Å². The lowest BCUT2D eigenvalue weighted by Gasteiger charge is -2.02. The van der Waals surface area contributed by atoms with E-state index in [2.05, 4.69) is 5.32 Å². The molecule has 1 saturated heterocycles. The van der Waals surface area contributed by atoms with Crippen LogP contribution in [0.25, 0.3) is 0 Å². The van der Waals surface area contributed by atoms with Gasteiger partial charge in [-0.15, -0.1) is 24.8 Å². The normalized spacial score (nSPS) is 23.7. The Kier molecular flexibility index (Phi) is 8.28. The van der Waals surface area contributed by atoms with Crippen LogP contribution in [0.3, 0.4) is 0 Å². The quantitative estimate of drug-likeness (QED) is 0.598. The molecule has 68 valence electrons. The molecule has 1 heterocycles. The van der Waals surface area contributed by atoms with Gasteiger partial charge in [0, 0.05) is 19.0 Å². The summed E-state index contributed by atoms with van der Waals surface area (Å²) >= 11 is 0. The van der Waals surface area contributed by atoms with Crippen LogP contribution in [0.1, 0.15) is 19.3 Å². The highest BCUT2D eigenvalue weighted by molar-refractivity contribution is 5.85. The van der Waals surface area contributed by atoms with Gasteiger partial charge in [0.1, 0.15) is 0 Å².